The second kappa shape index (κ2) is 12.3. The van der Waals surface area contributed by atoms with Crippen LogP contribution in [-0.4, -0.2) is 54.9 Å². The van der Waals surface area contributed by atoms with Gasteiger partial charge in [-0.1, -0.05) is 32.0 Å². The van der Waals surface area contributed by atoms with E-state index in [2.05, 4.69) is 34.2 Å². The summed E-state index contributed by atoms with van der Waals surface area (Å²) >= 11 is 0. The lowest BCUT2D eigenvalue weighted by molar-refractivity contribution is 0.473. The average Bonchev–Trinajstić information content (AvgIpc) is 3.05. The maximum absolute atomic E-state index is 12.4. The van der Waals surface area contributed by atoms with Crippen molar-refractivity contribution in [2.45, 2.75) is 44.6 Å². The van der Waals surface area contributed by atoms with Crippen molar-refractivity contribution in [1.82, 2.24) is 20.0 Å². The summed E-state index contributed by atoms with van der Waals surface area (Å²) in [6.45, 7) is 8.18. The quantitative estimate of drug-likeness (QED) is 0.225. The molecule has 0 fully saturated rings. The summed E-state index contributed by atoms with van der Waals surface area (Å²) in [4.78, 5) is 7.05. The lowest BCUT2D eigenvalue weighted by Gasteiger charge is -2.22. The van der Waals surface area contributed by atoms with Crippen LogP contribution in [0.4, 0.5) is 0 Å². The van der Waals surface area contributed by atoms with Crippen molar-refractivity contribution in [3.8, 4) is 0 Å². The molecule has 0 aliphatic heterocycles. The maximum Gasteiger partial charge on any atom is 0.193 e. The van der Waals surface area contributed by atoms with Crippen LogP contribution in [0, 0.1) is 0 Å². The Hall–Kier alpha value is -1.62. The standard InChI is InChI=1S/C21H33N5O2S.HI/c1-6-22-21(25(4)15-18-16-26(5)24-20(18)17(2)3)23-13-10-14-29(27,28)19-11-8-7-9-12-19;/h7-9,11-12,16-17H,6,10,13-15H2,1-5H3,(H,22,23);1H. The van der Waals surface area contributed by atoms with E-state index in [4.69, 9.17) is 0 Å². The highest BCUT2D eigenvalue weighted by molar-refractivity contribution is 14.0. The molecular formula is C21H34IN5O2S. The molecule has 0 saturated carbocycles. The van der Waals surface area contributed by atoms with Gasteiger partial charge >= 0.3 is 0 Å². The monoisotopic (exact) mass is 547 g/mol. The summed E-state index contributed by atoms with van der Waals surface area (Å²) in [7, 11) is 0.652. The summed E-state index contributed by atoms with van der Waals surface area (Å²) in [6, 6.07) is 8.57. The third kappa shape index (κ3) is 7.57. The van der Waals surface area contributed by atoms with Gasteiger partial charge in [0.05, 0.1) is 16.3 Å². The molecule has 1 N–H and O–H groups in total. The molecule has 168 valence electrons. The largest absolute Gasteiger partial charge is 0.357 e. The Labute approximate surface area is 197 Å². The first-order valence-electron chi connectivity index (χ1n) is 10.0. The fourth-order valence-corrected chi connectivity index (χ4v) is 4.46. The van der Waals surface area contributed by atoms with Crippen LogP contribution in [0.1, 0.15) is 44.4 Å². The summed E-state index contributed by atoms with van der Waals surface area (Å²) in [5.41, 5.74) is 2.26. The van der Waals surface area contributed by atoms with Gasteiger partial charge in [-0.3, -0.25) is 9.67 Å². The van der Waals surface area contributed by atoms with Gasteiger partial charge in [-0.05, 0) is 31.4 Å². The lowest BCUT2D eigenvalue weighted by Crippen LogP contribution is -2.38. The number of nitrogens with zero attached hydrogens (tertiary/aromatic N) is 4. The van der Waals surface area contributed by atoms with E-state index >= 15 is 0 Å². The summed E-state index contributed by atoms with van der Waals surface area (Å²) < 4.78 is 26.6. The highest BCUT2D eigenvalue weighted by Crippen LogP contribution is 2.18. The van der Waals surface area contributed by atoms with Crippen LogP contribution in [-0.2, 0) is 23.4 Å². The van der Waals surface area contributed by atoms with Crippen LogP contribution in [0.25, 0.3) is 0 Å². The topological polar surface area (TPSA) is 79.6 Å². The SMILES string of the molecule is CCNC(=NCCCS(=O)(=O)c1ccccc1)N(C)Cc1cn(C)nc1C(C)C.I. The molecule has 0 amide bonds. The fourth-order valence-electron chi connectivity index (χ4n) is 3.15. The zero-order valence-electron chi connectivity index (χ0n) is 18.5. The molecule has 0 atom stereocenters. The Bertz CT molecular complexity index is 911. The molecule has 9 heteroatoms. The molecule has 2 aromatic rings. The van der Waals surface area contributed by atoms with Crippen molar-refractivity contribution in [3.63, 3.8) is 0 Å². The molecule has 2 rings (SSSR count). The van der Waals surface area contributed by atoms with E-state index in [1.165, 1.54) is 5.56 Å². The van der Waals surface area contributed by atoms with Gasteiger partial charge in [-0.2, -0.15) is 5.10 Å². The predicted octanol–water partition coefficient (Wildman–Crippen LogP) is 3.42. The van der Waals surface area contributed by atoms with Crippen LogP contribution < -0.4 is 5.32 Å². The van der Waals surface area contributed by atoms with Crippen LogP contribution in [0.5, 0.6) is 0 Å². The molecule has 1 aromatic carbocycles. The summed E-state index contributed by atoms with van der Waals surface area (Å²) in [6.07, 6.45) is 2.52. The highest BCUT2D eigenvalue weighted by Gasteiger charge is 2.16. The molecule has 0 unspecified atom stereocenters. The lowest BCUT2D eigenvalue weighted by atomic mass is 10.1. The number of aliphatic imine (C=N–C) groups is 1. The van der Waals surface area contributed by atoms with Crippen molar-refractivity contribution < 1.29 is 8.42 Å². The first-order chi connectivity index (χ1) is 13.7. The van der Waals surface area contributed by atoms with Gasteiger partial charge in [0.15, 0.2) is 15.8 Å². The van der Waals surface area contributed by atoms with Crippen molar-refractivity contribution in [1.29, 1.82) is 0 Å². The van der Waals surface area contributed by atoms with Gasteiger partial charge in [0.1, 0.15) is 0 Å². The van der Waals surface area contributed by atoms with Gasteiger partial charge in [-0.15, -0.1) is 24.0 Å². The minimum absolute atomic E-state index is 0. The van der Waals surface area contributed by atoms with E-state index in [-0.39, 0.29) is 29.7 Å². The number of hydrogen-bond acceptors (Lipinski definition) is 4. The Morgan fingerprint density at radius 1 is 1.27 bits per heavy atom. The van der Waals surface area contributed by atoms with Crippen molar-refractivity contribution in [2.24, 2.45) is 12.0 Å². The second-order valence-electron chi connectivity index (χ2n) is 7.45. The highest BCUT2D eigenvalue weighted by atomic mass is 127. The molecule has 7 nitrogen and oxygen atoms in total. The van der Waals surface area contributed by atoms with Gasteiger partial charge in [-0.25, -0.2) is 8.42 Å². The Balaban J connectivity index is 0.00000450. The molecule has 1 heterocycles. The third-order valence-corrected chi connectivity index (χ3v) is 6.34. The van der Waals surface area contributed by atoms with Crippen molar-refractivity contribution in [2.75, 3.05) is 25.9 Å². The number of aryl methyl sites for hydroxylation is 1. The van der Waals surface area contributed by atoms with E-state index in [0.717, 1.165) is 18.2 Å². The second-order valence-corrected chi connectivity index (χ2v) is 9.55. The van der Waals surface area contributed by atoms with E-state index in [9.17, 15) is 8.42 Å². The number of nitrogens with one attached hydrogen (secondary N) is 1. The molecule has 0 saturated heterocycles. The fraction of sp³-hybridized carbons (Fsp3) is 0.524. The van der Waals surface area contributed by atoms with Gasteiger partial charge < -0.3 is 10.2 Å². The molecule has 0 aliphatic carbocycles. The number of halogens is 1. The predicted molar refractivity (Wildman–Crippen MR) is 133 cm³/mol. The van der Waals surface area contributed by atoms with Crippen molar-refractivity contribution >= 4 is 39.8 Å². The van der Waals surface area contributed by atoms with Gasteiger partial charge in [0, 0.05) is 45.5 Å². The molecule has 0 aliphatic rings. The zero-order valence-corrected chi connectivity index (χ0v) is 21.6. The van der Waals surface area contributed by atoms with E-state index in [1.54, 1.807) is 24.3 Å². The number of benzene rings is 1. The molecule has 1 aromatic heterocycles. The first kappa shape index (κ1) is 26.4. The molecule has 0 radical (unpaired) electrons. The molecule has 30 heavy (non-hydrogen) atoms. The van der Waals surface area contributed by atoms with Crippen molar-refractivity contribution in [3.05, 3.63) is 47.8 Å². The van der Waals surface area contributed by atoms with Crippen LogP contribution in [0.2, 0.25) is 0 Å². The number of sulfone groups is 1. The van der Waals surface area contributed by atoms with Crippen LogP contribution in [0.3, 0.4) is 0 Å². The summed E-state index contributed by atoms with van der Waals surface area (Å²) in [5, 5.41) is 7.85. The third-order valence-electron chi connectivity index (χ3n) is 4.52. The average molecular weight is 548 g/mol. The minimum atomic E-state index is -3.27. The van der Waals surface area contributed by atoms with E-state index in [1.807, 2.05) is 38.0 Å². The molecular weight excluding hydrogens is 513 g/mol. The number of aromatic nitrogens is 2. The van der Waals surface area contributed by atoms with E-state index < -0.39 is 9.84 Å². The Morgan fingerprint density at radius 3 is 2.53 bits per heavy atom. The minimum Gasteiger partial charge on any atom is -0.357 e. The summed E-state index contributed by atoms with van der Waals surface area (Å²) in [5.74, 6) is 1.20. The Morgan fingerprint density at radius 2 is 1.93 bits per heavy atom. The van der Waals surface area contributed by atoms with Gasteiger partial charge in [0.25, 0.3) is 0 Å². The first-order valence-corrected chi connectivity index (χ1v) is 11.7. The maximum atomic E-state index is 12.4. The number of rotatable bonds is 9. The smallest absolute Gasteiger partial charge is 0.193 e. The Kier molecular flexibility index (Phi) is 10.8. The molecule has 0 bridgehead atoms. The van der Waals surface area contributed by atoms with Gasteiger partial charge in [0.2, 0.25) is 0 Å². The number of hydrogen-bond donors (Lipinski definition) is 1. The van der Waals surface area contributed by atoms with Crippen LogP contribution >= 0.6 is 24.0 Å². The van der Waals surface area contributed by atoms with E-state index in [0.29, 0.717) is 30.3 Å². The number of guanidine groups is 1. The zero-order chi connectivity index (χ0) is 21.4. The normalized spacial score (nSPS) is 12.0. The molecule has 0 spiro atoms. The van der Waals surface area contributed by atoms with Crippen LogP contribution in [0.15, 0.2) is 46.4 Å².